The van der Waals surface area contributed by atoms with E-state index in [0.29, 0.717) is 55.5 Å². The molecule has 2 aromatic carbocycles. The molecule has 0 bridgehead atoms. The number of carboxylic acids is 1. The predicted octanol–water partition coefficient (Wildman–Crippen LogP) is 3.94. The zero-order chi connectivity index (χ0) is 71.0. The van der Waals surface area contributed by atoms with E-state index in [2.05, 4.69) is 36.6 Å². The number of rotatable bonds is 39. The minimum absolute atomic E-state index is 0.0169. The molecule has 95 heavy (non-hydrogen) atoms. The number of carbonyl (C=O) groups excluding carboxylic acids is 10. The van der Waals surface area contributed by atoms with Crippen LogP contribution in [0.25, 0.3) is 0 Å². The molecule has 10 N–H and O–H groups in total. The molecular weight excluding hydrogens is 1250 g/mol. The van der Waals surface area contributed by atoms with Gasteiger partial charge in [0.25, 0.3) is 5.91 Å². The normalized spacial score (nSPS) is 17.1. The van der Waals surface area contributed by atoms with E-state index >= 15 is 0 Å². The van der Waals surface area contributed by atoms with Gasteiger partial charge >= 0.3 is 18.1 Å². The van der Waals surface area contributed by atoms with Crippen LogP contribution in [0.3, 0.4) is 0 Å². The Balaban J connectivity index is 1.42. The van der Waals surface area contributed by atoms with Gasteiger partial charge in [0.15, 0.2) is 0 Å². The molecule has 4 rings (SSSR count). The summed E-state index contributed by atoms with van der Waals surface area (Å²) in [5.74, 6) is -8.19. The third-order valence-corrected chi connectivity index (χ3v) is 19.3. The van der Waals surface area contributed by atoms with Gasteiger partial charge in [-0.25, -0.2) is 18.0 Å². The molecule has 1 aliphatic carbocycles. The predicted molar refractivity (Wildman–Crippen MR) is 354 cm³/mol. The molecule has 530 valence electrons. The number of nitrogens with two attached hydrogens (primary N) is 1. The van der Waals surface area contributed by atoms with Crippen LogP contribution < -0.4 is 42.4 Å². The molecule has 2 aromatic rings. The third-order valence-electron chi connectivity index (χ3n) is 17.5. The van der Waals surface area contributed by atoms with Gasteiger partial charge in [0, 0.05) is 66.4 Å². The van der Waals surface area contributed by atoms with Crippen molar-refractivity contribution >= 4 is 81.1 Å². The van der Waals surface area contributed by atoms with Gasteiger partial charge in [0.05, 0.1) is 41.9 Å². The zero-order valence-corrected chi connectivity index (χ0v) is 58.1. The number of aliphatic carboxylic acids is 1. The van der Waals surface area contributed by atoms with Crippen molar-refractivity contribution in [2.75, 3.05) is 46.7 Å². The molecule has 29 heteroatoms. The number of amides is 11. The number of primary amides is 1. The Bertz CT molecular complexity index is 3040. The molecule has 28 nitrogen and oxygen atoms in total. The fraction of sp³-hybridized carbons (Fsp3) is 0.652. The van der Waals surface area contributed by atoms with Crippen molar-refractivity contribution in [2.24, 2.45) is 35.3 Å². The van der Waals surface area contributed by atoms with Crippen LogP contribution in [0.2, 0.25) is 0 Å². The SMILES string of the molecule is CCC(C)C(C(CC(=O)N1CCCC1C(OC)C(C)C(=O)NC(Cc1ccccc1)C(=O)NS(=O)(=O)C1CC1)OC)N(C)C(=O)C(NC(=O)C(C(C)C)N(C)C(=O)OCc1ccc(NC(=O)C(CCCNC(N)=O)NC(=O)C(NC(=O)CCCC(=O)O)C(C)C)cc1)C(C)C. The second-order valence-corrected chi connectivity index (χ2v) is 27.8. The number of methoxy groups -OCH3 is 2. The Hall–Kier alpha value is -7.92. The average Bonchev–Trinajstić information content (AvgIpc) is 1.78. The van der Waals surface area contributed by atoms with Gasteiger partial charge in [-0.3, -0.25) is 52.8 Å². The van der Waals surface area contributed by atoms with Gasteiger partial charge in [-0.1, -0.05) is 111 Å². The number of sulfonamides is 1. The average molecular weight is 1350 g/mol. The standard InChI is InChI=1S/C66H103N11O17S/c1-14-41(8)57(50(92-12)36-52(79)77-34-20-24-49(77)58(93-13)42(9)59(82)71-48(35-43-21-16-15-17-22-43)61(84)74-95(90,91)46-31-32-46)75(10)64(87)55(39(4)5)73-63(86)56(40(6)7)76(11)66(89)94-37-44-27-29-45(30-28-44)69-60(83)47(23-19-33-68-65(67)88)70-62(85)54(38(2)3)72-51(78)25-18-26-53(80)81/h15-17,21-22,27-30,38-42,46-50,54-58H,14,18-20,23-26,31-37H2,1-13H3,(H,69,83)(H,70,85)(H,71,82)(H,72,78)(H,73,86)(H,74,84)(H,80,81)(H3,67,68,88). The number of ether oxygens (including phenoxy) is 3. The molecule has 1 aliphatic heterocycles. The van der Waals surface area contributed by atoms with E-state index in [1.165, 1.54) is 26.2 Å². The van der Waals surface area contributed by atoms with E-state index in [0.717, 1.165) is 4.90 Å². The first-order chi connectivity index (χ1) is 44.8. The summed E-state index contributed by atoms with van der Waals surface area (Å²) in [7, 11) is 1.98. The molecule has 2 fully saturated rings. The molecule has 0 spiro atoms. The van der Waals surface area contributed by atoms with E-state index in [1.807, 2.05) is 13.8 Å². The molecule has 11 unspecified atom stereocenters. The van der Waals surface area contributed by atoms with E-state index in [-0.39, 0.29) is 69.9 Å². The highest BCUT2D eigenvalue weighted by Gasteiger charge is 2.45. The first-order valence-electron chi connectivity index (χ1n) is 32.7. The Morgan fingerprint density at radius 2 is 1.33 bits per heavy atom. The van der Waals surface area contributed by atoms with Gasteiger partial charge < -0.3 is 66.8 Å². The van der Waals surface area contributed by atoms with Crippen molar-refractivity contribution in [3.05, 3.63) is 65.7 Å². The molecular formula is C66H103N11O17S. The number of nitrogens with zero attached hydrogens (tertiary/aromatic N) is 3. The first-order valence-corrected chi connectivity index (χ1v) is 34.3. The van der Waals surface area contributed by atoms with Crippen molar-refractivity contribution in [3.8, 4) is 0 Å². The maximum absolute atomic E-state index is 14.9. The van der Waals surface area contributed by atoms with Gasteiger partial charge in [-0.15, -0.1) is 0 Å². The Kier molecular flexibility index (Phi) is 31.8. The fourth-order valence-electron chi connectivity index (χ4n) is 11.7. The van der Waals surface area contributed by atoms with Gasteiger partial charge in [-0.2, -0.15) is 0 Å². The lowest BCUT2D eigenvalue weighted by atomic mass is 9.89. The Morgan fingerprint density at radius 3 is 1.88 bits per heavy atom. The van der Waals surface area contributed by atoms with Crippen molar-refractivity contribution in [1.82, 2.24) is 46.0 Å². The van der Waals surface area contributed by atoms with E-state index in [4.69, 9.17) is 25.1 Å². The maximum atomic E-state index is 14.9. The summed E-state index contributed by atoms with van der Waals surface area (Å²) in [6.45, 7) is 16.1. The maximum Gasteiger partial charge on any atom is 0.410 e. The number of anilines is 1. The van der Waals surface area contributed by atoms with Crippen LogP contribution in [-0.2, 0) is 80.4 Å². The summed E-state index contributed by atoms with van der Waals surface area (Å²) in [6.07, 6.45) is -0.153. The van der Waals surface area contributed by atoms with E-state index < -0.39 is 153 Å². The van der Waals surface area contributed by atoms with E-state index in [9.17, 15) is 61.2 Å². The number of carbonyl (C=O) groups is 11. The molecule has 2 aliphatic rings. The quantitative estimate of drug-likeness (QED) is 0.0428. The number of urea groups is 1. The van der Waals surface area contributed by atoms with Crippen LogP contribution in [0.15, 0.2) is 54.6 Å². The summed E-state index contributed by atoms with van der Waals surface area (Å²) in [4.78, 5) is 152. The van der Waals surface area contributed by atoms with Crippen LogP contribution in [0.5, 0.6) is 0 Å². The molecule has 1 heterocycles. The van der Waals surface area contributed by atoms with Gasteiger partial charge in [0.1, 0.15) is 36.8 Å². The number of likely N-dealkylation sites (N-methyl/N-ethyl adjacent to an activating group) is 2. The summed E-state index contributed by atoms with van der Waals surface area (Å²) in [5.41, 5.74) is 6.72. The number of carboxylic acid groups (broad SMARTS) is 1. The second-order valence-electron chi connectivity index (χ2n) is 25.9. The summed E-state index contributed by atoms with van der Waals surface area (Å²) < 4.78 is 45.5. The van der Waals surface area contributed by atoms with Crippen LogP contribution in [0.4, 0.5) is 15.3 Å². The Labute approximate surface area is 558 Å². The lowest BCUT2D eigenvalue weighted by Gasteiger charge is -2.41. The van der Waals surface area contributed by atoms with Crippen LogP contribution >= 0.6 is 0 Å². The highest BCUT2D eigenvalue weighted by Crippen LogP contribution is 2.31. The highest BCUT2D eigenvalue weighted by molar-refractivity contribution is 7.90. The molecule has 1 saturated carbocycles. The van der Waals surface area contributed by atoms with Crippen molar-refractivity contribution < 1.29 is 80.5 Å². The monoisotopic (exact) mass is 1350 g/mol. The molecule has 0 radical (unpaired) electrons. The largest absolute Gasteiger partial charge is 0.481 e. The Morgan fingerprint density at radius 1 is 0.695 bits per heavy atom. The fourth-order valence-corrected chi connectivity index (χ4v) is 13.1. The minimum Gasteiger partial charge on any atom is -0.481 e. The van der Waals surface area contributed by atoms with Crippen molar-refractivity contribution in [2.45, 2.75) is 206 Å². The molecule has 1 saturated heterocycles. The summed E-state index contributed by atoms with van der Waals surface area (Å²) >= 11 is 0. The number of hydrogen-bond donors (Lipinski definition) is 9. The topological polar surface area (TPSA) is 390 Å². The van der Waals surface area contributed by atoms with Crippen LogP contribution in [-0.4, -0.2) is 195 Å². The third kappa shape index (κ3) is 24.4. The lowest BCUT2D eigenvalue weighted by molar-refractivity contribution is -0.148. The van der Waals surface area contributed by atoms with Crippen LogP contribution in [0, 0.1) is 29.6 Å². The van der Waals surface area contributed by atoms with Crippen LogP contribution in [0.1, 0.15) is 144 Å². The number of nitrogens with one attached hydrogen (secondary N) is 7. The van der Waals surface area contributed by atoms with E-state index in [1.54, 1.807) is 115 Å². The van der Waals surface area contributed by atoms with Gasteiger partial charge in [0.2, 0.25) is 51.4 Å². The molecule has 11 amide bonds. The number of hydrogen-bond acceptors (Lipinski definition) is 16. The molecule has 0 aromatic heterocycles. The summed E-state index contributed by atoms with van der Waals surface area (Å²) in [6, 6.07) is 7.47. The minimum atomic E-state index is -3.93. The lowest BCUT2D eigenvalue weighted by Crippen LogP contribution is -2.60. The second kappa shape index (κ2) is 38.0. The molecule has 11 atom stereocenters. The van der Waals surface area contributed by atoms with Gasteiger partial charge in [-0.05, 0) is 91.9 Å². The zero-order valence-electron chi connectivity index (χ0n) is 57.3. The smallest absolute Gasteiger partial charge is 0.410 e. The summed E-state index contributed by atoms with van der Waals surface area (Å²) in [5, 5.41) is 24.5. The number of benzene rings is 2. The number of likely N-dealkylation sites (tertiary alicyclic amines) is 1. The van der Waals surface area contributed by atoms with Crippen molar-refractivity contribution in [1.29, 1.82) is 0 Å². The van der Waals surface area contributed by atoms with Crippen molar-refractivity contribution in [3.63, 3.8) is 0 Å². The highest BCUT2D eigenvalue weighted by atomic mass is 32.2. The first kappa shape index (κ1) is 79.5.